The van der Waals surface area contributed by atoms with Crippen molar-refractivity contribution in [3.8, 4) is 6.07 Å². The summed E-state index contributed by atoms with van der Waals surface area (Å²) in [4.78, 5) is 3.86. The summed E-state index contributed by atoms with van der Waals surface area (Å²) in [6.07, 6.45) is 1.42. The number of nitrogens with one attached hydrogen (secondary N) is 2. The summed E-state index contributed by atoms with van der Waals surface area (Å²) in [7, 11) is -72.1. The highest BCUT2D eigenvalue weighted by Gasteiger charge is 2.47. The van der Waals surface area contributed by atoms with Crippen LogP contribution in [0.25, 0.3) is 0 Å². The van der Waals surface area contributed by atoms with Crippen LogP contribution in [0.2, 0.25) is 0 Å². The van der Waals surface area contributed by atoms with Crippen molar-refractivity contribution in [3.05, 3.63) is 245 Å². The lowest BCUT2D eigenvalue weighted by molar-refractivity contribution is 0.492. The molecule has 5 aliphatic rings. The van der Waals surface area contributed by atoms with Gasteiger partial charge in [-0.15, -0.1) is 126 Å². The average Bonchev–Trinajstić information content (AvgIpc) is 0.743. The van der Waals surface area contributed by atoms with Gasteiger partial charge in [0.05, 0.1) is 17.3 Å². The molecular weight excluding hydrogens is 1890 g/mol. The highest BCUT2D eigenvalue weighted by Crippen LogP contribution is 2.86. The van der Waals surface area contributed by atoms with Gasteiger partial charge in [0.25, 0.3) is 0 Å². The molecule has 7 atom stereocenters. The van der Waals surface area contributed by atoms with E-state index in [9.17, 15) is 88.1 Å². The third kappa shape index (κ3) is 29.7. The van der Waals surface area contributed by atoms with Crippen LogP contribution in [-0.2, 0) is 45.8 Å². The summed E-state index contributed by atoms with van der Waals surface area (Å²) < 4.78 is 362. The molecular formula is C54H64F23N24P15. The molecule has 0 saturated heterocycles. The molecule has 7 unspecified atom stereocenters. The Hall–Kier alpha value is -4.48. The first-order chi connectivity index (χ1) is 53.7. The monoisotopic (exact) mass is 1950 g/mol. The van der Waals surface area contributed by atoms with Crippen LogP contribution in [-0.4, -0.2) is 63.6 Å². The Morgan fingerprint density at radius 2 is 0.534 bits per heavy atom. The van der Waals surface area contributed by atoms with Crippen LogP contribution < -0.4 is 10.2 Å². The van der Waals surface area contributed by atoms with Gasteiger partial charge in [-0.1, -0.05) is 176 Å². The fourth-order valence-electron chi connectivity index (χ4n) is 9.46. The van der Waals surface area contributed by atoms with Gasteiger partial charge in [0, 0.05) is 52.0 Å². The van der Waals surface area contributed by atoms with E-state index < -0.39 is 116 Å². The molecule has 6 aromatic carbocycles. The number of hydrogen-bond donors (Lipinski definition) is 2. The number of nitriles is 1. The minimum Gasteiger partial charge on any atom is -0.260 e. The quantitative estimate of drug-likeness (QED) is 0.0511. The molecule has 7 aromatic rings. The van der Waals surface area contributed by atoms with Crippen LogP contribution in [0.15, 0.2) is 268 Å². The SMILES string of the molecule is CN(Cc1ccccc1)P1(F)=NP(F)(F)=NP(F)(F)=N1.CN(Cc1ccccc1)P1(F)=NP(F)(F)=NP(F)(N(C)Cc2ccccc2)=N1.CN(Cc1ccccc1C#N)P1(F)=NP(F)(F)=NP(F)(F)=N1.CN(Cc1ccccn1)P1(F)=NP(F)(F)=NP(F)(F)=N1.FP1(F)=NP(F)(NCc2ccccc2)=NP(F)(NCc2ccccc2)=N1. The van der Waals surface area contributed by atoms with Crippen molar-refractivity contribution in [1.29, 1.82) is 5.26 Å². The summed E-state index contributed by atoms with van der Waals surface area (Å²) in [5, 5.41) is 13.5. The molecule has 0 aliphatic carbocycles. The third-order valence-electron chi connectivity index (χ3n) is 14.6. The van der Waals surface area contributed by atoms with E-state index in [2.05, 4.69) is 69.3 Å². The van der Waals surface area contributed by atoms with Gasteiger partial charge >= 0.3 is 116 Å². The molecule has 6 heterocycles. The number of aromatic nitrogens is 1. The van der Waals surface area contributed by atoms with E-state index >= 15 is 8.39 Å². The Balaban J connectivity index is 0.000000182. The average molecular weight is 1950 g/mol. The molecule has 0 saturated carbocycles. The summed E-state index contributed by atoms with van der Waals surface area (Å²) in [6, 6.07) is 55.6. The predicted molar refractivity (Wildman–Crippen MR) is 424 cm³/mol. The Morgan fingerprint density at radius 1 is 0.267 bits per heavy atom. The summed E-state index contributed by atoms with van der Waals surface area (Å²) in [6.45, 7) is -0.939. The highest BCUT2D eigenvalue weighted by molar-refractivity contribution is 7.81. The van der Waals surface area contributed by atoms with Crippen LogP contribution in [0, 0.1) is 11.3 Å². The normalized spacial score (nSPS) is 26.7. The van der Waals surface area contributed by atoms with Gasteiger partial charge in [-0.3, -0.25) is 4.98 Å². The van der Waals surface area contributed by atoms with Crippen LogP contribution in [0.1, 0.15) is 44.6 Å². The molecule has 0 bridgehead atoms. The Bertz CT molecular complexity index is 5410. The molecule has 0 spiro atoms. The van der Waals surface area contributed by atoms with Crippen molar-refractivity contribution < 1.29 is 96.5 Å². The number of pyridine rings is 1. The summed E-state index contributed by atoms with van der Waals surface area (Å²) in [5.41, 5.74) is 4.10. The van der Waals surface area contributed by atoms with Crippen molar-refractivity contribution in [2.24, 2.45) is 67.7 Å². The van der Waals surface area contributed by atoms with Crippen LogP contribution in [0.5, 0.6) is 0 Å². The fraction of sp³-hybridized carbons (Fsp3) is 0.222. The molecule has 24 nitrogen and oxygen atoms in total. The van der Waals surface area contributed by atoms with Gasteiger partial charge < -0.3 is 0 Å². The van der Waals surface area contributed by atoms with E-state index in [-0.39, 0.29) is 51.4 Å². The van der Waals surface area contributed by atoms with Gasteiger partial charge in [0.1, 0.15) is 0 Å². The maximum Gasteiger partial charge on any atom is 0.424 e. The third-order valence-corrected chi connectivity index (χ3v) is 47.4. The second-order valence-corrected chi connectivity index (χ2v) is 52.9. The zero-order valence-electron chi connectivity index (χ0n) is 59.7. The molecule has 0 fully saturated rings. The first-order valence-electron chi connectivity index (χ1n) is 32.0. The zero-order valence-corrected chi connectivity index (χ0v) is 73.2. The molecule has 1 aromatic heterocycles. The first-order valence-corrected chi connectivity index (χ1v) is 54.6. The standard InChI is InChI=1S/C16H20F4N5P3.C14H16F4N5P3.C9H9F5N5P3.C8H10F5N4P3.C7H9F5N5P3/c1-24(13-15-9-5-3-6-10-15)27(19)21-26(17,18)22-28(20,23-27)25(2)14-16-11-7-4-8-12-16;15-24(16)21-25(17,19-11-13-7-3-1-4-8-13)23-26(18,22-24)20-12-14-9-5-2-6-10-14;1-19(7-9-5-3-2-4-8(9)6-15)22(14)17-20(10,11)16-21(12,13)18-22;1-17(7-8-5-3-2-4-6-8)20(13)15-18(9,10)14-19(11,12)16-20;1-17(6-7-4-2-3-5-13-7)20(12)15-18(8,9)14-19(10,11)16-20/h3-12H,13-14H2,1-2H3;1-10,19-20H,11-12H2;2-5H,7H2,1H3;2-6H,7H2,1H3;2-5H,6H2,1H3. The molecule has 116 heavy (non-hydrogen) atoms. The van der Waals surface area contributed by atoms with E-state index in [1.54, 1.807) is 176 Å². The number of nitrogens with zero attached hydrogens (tertiary/aromatic N) is 22. The lowest BCUT2D eigenvalue weighted by Gasteiger charge is -2.30. The maximum absolute atomic E-state index is 15.5. The molecule has 12 rings (SSSR count). The van der Waals surface area contributed by atoms with Crippen molar-refractivity contribution in [1.82, 2.24) is 38.5 Å². The fourth-order valence-corrected chi connectivity index (χ4v) is 41.9. The van der Waals surface area contributed by atoms with Crippen LogP contribution in [0.4, 0.5) is 96.5 Å². The van der Waals surface area contributed by atoms with E-state index in [4.69, 9.17) is 5.26 Å². The van der Waals surface area contributed by atoms with Crippen LogP contribution in [0.3, 0.4) is 0 Å². The molecule has 636 valence electrons. The largest absolute Gasteiger partial charge is 0.424 e. The minimum absolute atomic E-state index is 0.0134. The Morgan fingerprint density at radius 3 is 0.871 bits per heavy atom. The van der Waals surface area contributed by atoms with E-state index in [0.717, 1.165) is 35.2 Å². The number of halogens is 23. The van der Waals surface area contributed by atoms with E-state index in [0.29, 0.717) is 48.4 Å². The van der Waals surface area contributed by atoms with Crippen molar-refractivity contribution in [2.45, 2.75) is 45.8 Å². The van der Waals surface area contributed by atoms with Gasteiger partial charge in [0.15, 0.2) is 0 Å². The predicted octanol–water partition coefficient (Wildman–Crippen LogP) is 35.0. The van der Waals surface area contributed by atoms with E-state index in [1.165, 1.54) is 38.5 Å². The summed E-state index contributed by atoms with van der Waals surface area (Å²) in [5.74, 6) is 0. The Kier molecular flexibility index (Phi) is 32.9. The zero-order chi connectivity index (χ0) is 85.7. The molecule has 0 radical (unpaired) electrons. The molecule has 62 heteroatoms. The van der Waals surface area contributed by atoms with Gasteiger partial charge in [-0.2, -0.15) is 43.7 Å². The van der Waals surface area contributed by atoms with Crippen molar-refractivity contribution >= 4 is 116 Å². The van der Waals surface area contributed by atoms with Gasteiger partial charge in [-0.05, 0) is 86.8 Å². The first kappa shape index (κ1) is 97.0. The minimum atomic E-state index is -5.73. The van der Waals surface area contributed by atoms with E-state index in [1.807, 2.05) is 19.6 Å². The lowest BCUT2D eigenvalue weighted by Crippen LogP contribution is -2.15. The molecule has 0 amide bonds. The molecule has 5 aliphatic heterocycles. The second kappa shape index (κ2) is 39.4. The number of benzene rings is 6. The maximum atomic E-state index is 15.5. The van der Waals surface area contributed by atoms with Crippen molar-refractivity contribution in [3.63, 3.8) is 0 Å². The van der Waals surface area contributed by atoms with Crippen molar-refractivity contribution in [2.75, 3.05) is 35.2 Å². The number of hydrogen-bond acceptors (Lipinski definition) is 24. The smallest absolute Gasteiger partial charge is 0.260 e. The van der Waals surface area contributed by atoms with Crippen LogP contribution >= 0.6 is 116 Å². The summed E-state index contributed by atoms with van der Waals surface area (Å²) >= 11 is 0. The Labute approximate surface area is 653 Å². The topological polar surface area (TPSA) is 262 Å². The second-order valence-electron chi connectivity index (χ2n) is 23.8. The lowest BCUT2D eigenvalue weighted by atomic mass is 10.1. The molecule has 2 N–H and O–H groups in total. The number of rotatable bonds is 21. The highest BCUT2D eigenvalue weighted by atomic mass is 31.3. The van der Waals surface area contributed by atoms with Gasteiger partial charge in [-0.25, -0.2) is 33.5 Å². The van der Waals surface area contributed by atoms with Gasteiger partial charge in [0.2, 0.25) is 0 Å².